The first kappa shape index (κ1) is 17.4. The fourth-order valence-electron chi connectivity index (χ4n) is 2.00. The van der Waals surface area contributed by atoms with E-state index in [-0.39, 0.29) is 5.97 Å². The Morgan fingerprint density at radius 2 is 2.05 bits per heavy atom. The van der Waals surface area contributed by atoms with Crippen LogP contribution in [-0.4, -0.2) is 53.6 Å². The lowest BCUT2D eigenvalue weighted by atomic mass is 10.2. The van der Waals surface area contributed by atoms with E-state index in [2.05, 4.69) is 34.0 Å². The van der Waals surface area contributed by atoms with Gasteiger partial charge in [-0.1, -0.05) is 13.8 Å². The molecule has 0 aliphatic carbocycles. The number of hydrogen-bond donors (Lipinski definition) is 1. The Labute approximate surface area is 126 Å². The summed E-state index contributed by atoms with van der Waals surface area (Å²) in [4.78, 5) is 22.5. The number of aromatic nitrogens is 2. The average Bonchev–Trinajstić information content (AvgIpc) is 2.47. The summed E-state index contributed by atoms with van der Waals surface area (Å²) in [7, 11) is 0. The number of carbonyl (C=O) groups is 1. The molecule has 0 saturated heterocycles. The summed E-state index contributed by atoms with van der Waals surface area (Å²) in [5, 5.41) is 3.19. The molecule has 118 valence electrons. The van der Waals surface area contributed by atoms with Crippen molar-refractivity contribution in [3.63, 3.8) is 0 Å². The maximum Gasteiger partial charge on any atom is 0.341 e. The van der Waals surface area contributed by atoms with Crippen LogP contribution in [0, 0.1) is 6.92 Å². The van der Waals surface area contributed by atoms with Gasteiger partial charge in [-0.3, -0.25) is 0 Å². The molecule has 0 unspecified atom stereocenters. The zero-order valence-corrected chi connectivity index (χ0v) is 13.5. The van der Waals surface area contributed by atoms with E-state index in [1.54, 1.807) is 13.8 Å². The minimum atomic E-state index is -0.372. The van der Waals surface area contributed by atoms with Crippen LogP contribution < -0.4 is 5.32 Å². The summed E-state index contributed by atoms with van der Waals surface area (Å²) in [5.74, 6) is 0.183. The van der Waals surface area contributed by atoms with Crippen molar-refractivity contribution in [3.05, 3.63) is 17.5 Å². The number of aryl methyl sites for hydroxylation is 1. The molecule has 1 aromatic rings. The topological polar surface area (TPSA) is 67.3 Å². The molecule has 0 bridgehead atoms. The second kappa shape index (κ2) is 9.28. The highest BCUT2D eigenvalue weighted by atomic mass is 16.5. The van der Waals surface area contributed by atoms with Gasteiger partial charge >= 0.3 is 5.97 Å². The predicted molar refractivity (Wildman–Crippen MR) is 83.6 cm³/mol. The third-order valence-electron chi connectivity index (χ3n) is 3.30. The van der Waals surface area contributed by atoms with Crippen LogP contribution >= 0.6 is 0 Å². The highest BCUT2D eigenvalue weighted by Gasteiger charge is 2.12. The third-order valence-corrected chi connectivity index (χ3v) is 3.30. The molecule has 1 heterocycles. The molecule has 0 amide bonds. The van der Waals surface area contributed by atoms with Gasteiger partial charge in [0, 0.05) is 12.7 Å². The number of nitrogens with one attached hydrogen (secondary N) is 1. The minimum absolute atomic E-state index is 0.351. The Hall–Kier alpha value is -1.69. The van der Waals surface area contributed by atoms with Crippen molar-refractivity contribution in [2.75, 3.05) is 38.1 Å². The van der Waals surface area contributed by atoms with E-state index < -0.39 is 0 Å². The van der Waals surface area contributed by atoms with Crippen LogP contribution in [0.25, 0.3) is 0 Å². The van der Waals surface area contributed by atoms with Gasteiger partial charge in [-0.2, -0.15) is 0 Å². The van der Waals surface area contributed by atoms with Gasteiger partial charge in [0.05, 0.1) is 17.9 Å². The lowest BCUT2D eigenvalue weighted by Crippen LogP contribution is -2.25. The second-order valence-corrected chi connectivity index (χ2v) is 4.72. The summed E-state index contributed by atoms with van der Waals surface area (Å²) in [6.45, 7) is 12.3. The predicted octanol–water partition coefficient (Wildman–Crippen LogP) is 2.11. The number of esters is 1. The van der Waals surface area contributed by atoms with Crippen LogP contribution in [0.5, 0.6) is 0 Å². The Morgan fingerprint density at radius 3 is 2.62 bits per heavy atom. The van der Waals surface area contributed by atoms with Crippen molar-refractivity contribution in [2.24, 2.45) is 0 Å². The summed E-state index contributed by atoms with van der Waals surface area (Å²) >= 11 is 0. The first-order chi connectivity index (χ1) is 10.1. The van der Waals surface area contributed by atoms with Crippen molar-refractivity contribution in [2.45, 2.75) is 34.1 Å². The smallest absolute Gasteiger partial charge is 0.341 e. The molecular weight excluding hydrogens is 268 g/mol. The lowest BCUT2D eigenvalue weighted by molar-refractivity contribution is 0.0524. The van der Waals surface area contributed by atoms with Crippen molar-refractivity contribution >= 4 is 11.9 Å². The third kappa shape index (κ3) is 5.67. The summed E-state index contributed by atoms with van der Waals surface area (Å²) in [6, 6.07) is 0. The van der Waals surface area contributed by atoms with Gasteiger partial charge in [0.15, 0.2) is 0 Å². The van der Waals surface area contributed by atoms with E-state index in [0.717, 1.165) is 32.6 Å². The van der Waals surface area contributed by atoms with Crippen LogP contribution in [0.3, 0.4) is 0 Å². The molecule has 0 radical (unpaired) electrons. The SMILES string of the molecule is CCOC(=O)c1cnc(NCCCN(CC)CC)nc1C. The van der Waals surface area contributed by atoms with E-state index in [0.29, 0.717) is 23.8 Å². The average molecular weight is 294 g/mol. The van der Waals surface area contributed by atoms with Crippen LogP contribution in [-0.2, 0) is 4.74 Å². The number of nitrogens with zero attached hydrogens (tertiary/aromatic N) is 3. The summed E-state index contributed by atoms with van der Waals surface area (Å²) < 4.78 is 4.95. The fourth-order valence-corrected chi connectivity index (χ4v) is 2.00. The van der Waals surface area contributed by atoms with Crippen LogP contribution in [0.2, 0.25) is 0 Å². The zero-order valence-electron chi connectivity index (χ0n) is 13.5. The molecule has 0 spiro atoms. The first-order valence-electron chi connectivity index (χ1n) is 7.59. The Bertz CT molecular complexity index is 447. The maximum atomic E-state index is 11.7. The van der Waals surface area contributed by atoms with Crippen molar-refractivity contribution in [1.29, 1.82) is 0 Å². The van der Waals surface area contributed by atoms with Crippen molar-refractivity contribution < 1.29 is 9.53 Å². The summed E-state index contributed by atoms with van der Waals surface area (Å²) in [5.41, 5.74) is 1.06. The normalized spacial score (nSPS) is 10.7. The van der Waals surface area contributed by atoms with Gasteiger partial charge in [0.1, 0.15) is 0 Å². The summed E-state index contributed by atoms with van der Waals surface area (Å²) in [6.07, 6.45) is 2.55. The van der Waals surface area contributed by atoms with Gasteiger partial charge in [-0.15, -0.1) is 0 Å². The van der Waals surface area contributed by atoms with Crippen LogP contribution in [0.4, 0.5) is 5.95 Å². The molecule has 6 nitrogen and oxygen atoms in total. The van der Waals surface area contributed by atoms with E-state index >= 15 is 0 Å². The van der Waals surface area contributed by atoms with Gasteiger partial charge in [-0.25, -0.2) is 14.8 Å². The first-order valence-corrected chi connectivity index (χ1v) is 7.59. The van der Waals surface area contributed by atoms with Crippen molar-refractivity contribution in [1.82, 2.24) is 14.9 Å². The van der Waals surface area contributed by atoms with E-state index in [9.17, 15) is 4.79 Å². The fraction of sp³-hybridized carbons (Fsp3) is 0.667. The Balaban J connectivity index is 2.47. The second-order valence-electron chi connectivity index (χ2n) is 4.72. The largest absolute Gasteiger partial charge is 0.462 e. The minimum Gasteiger partial charge on any atom is -0.462 e. The Kier molecular flexibility index (Phi) is 7.68. The molecule has 1 N–H and O–H groups in total. The molecule has 0 aliphatic rings. The van der Waals surface area contributed by atoms with E-state index in [4.69, 9.17) is 4.74 Å². The van der Waals surface area contributed by atoms with Gasteiger partial charge < -0.3 is 15.0 Å². The van der Waals surface area contributed by atoms with Crippen LogP contribution in [0.1, 0.15) is 43.2 Å². The van der Waals surface area contributed by atoms with E-state index in [1.807, 2.05) is 0 Å². The van der Waals surface area contributed by atoms with Gasteiger partial charge in [0.25, 0.3) is 0 Å². The molecule has 1 aromatic heterocycles. The number of anilines is 1. The molecule has 6 heteroatoms. The number of ether oxygens (including phenoxy) is 1. The van der Waals surface area contributed by atoms with Gasteiger partial charge in [-0.05, 0) is 39.9 Å². The Morgan fingerprint density at radius 1 is 1.33 bits per heavy atom. The standard InChI is InChI=1S/C15H26N4O2/c1-5-19(6-2)10-8-9-16-15-17-11-13(12(4)18-15)14(20)21-7-3/h11H,5-10H2,1-4H3,(H,16,17,18). The van der Waals surface area contributed by atoms with Crippen molar-refractivity contribution in [3.8, 4) is 0 Å². The molecule has 0 aliphatic heterocycles. The van der Waals surface area contributed by atoms with Gasteiger partial charge in [0.2, 0.25) is 5.95 Å². The molecular formula is C15H26N4O2. The lowest BCUT2D eigenvalue weighted by Gasteiger charge is -2.17. The molecule has 0 fully saturated rings. The molecule has 0 saturated carbocycles. The van der Waals surface area contributed by atoms with E-state index in [1.165, 1.54) is 6.20 Å². The van der Waals surface area contributed by atoms with Crippen LogP contribution in [0.15, 0.2) is 6.20 Å². The zero-order chi connectivity index (χ0) is 15.7. The molecule has 0 atom stereocenters. The quantitative estimate of drug-likeness (QED) is 0.556. The highest BCUT2D eigenvalue weighted by Crippen LogP contribution is 2.08. The number of rotatable bonds is 9. The molecule has 0 aromatic carbocycles. The monoisotopic (exact) mass is 294 g/mol. The molecule has 21 heavy (non-hydrogen) atoms. The number of carbonyl (C=O) groups excluding carboxylic acids is 1. The number of hydrogen-bond acceptors (Lipinski definition) is 6. The highest BCUT2D eigenvalue weighted by molar-refractivity contribution is 5.90. The molecule has 1 rings (SSSR count). The maximum absolute atomic E-state index is 11.7.